The van der Waals surface area contributed by atoms with Gasteiger partial charge in [0, 0.05) is 21.5 Å². The van der Waals surface area contributed by atoms with E-state index in [9.17, 15) is 9.59 Å². The molecule has 4 nitrogen and oxygen atoms in total. The highest BCUT2D eigenvalue weighted by molar-refractivity contribution is 7.13. The molecule has 0 unspecified atom stereocenters. The van der Waals surface area contributed by atoms with Crippen LogP contribution < -0.4 is 0 Å². The van der Waals surface area contributed by atoms with E-state index in [2.05, 4.69) is 4.98 Å². The molecule has 126 valence electrons. The SMILES string of the molecule is O=C(OCC(=O)c1ccccc1Cl)c1csc(-c2cccc(Cl)c2)n1. The fourth-order valence-electron chi connectivity index (χ4n) is 2.09. The second kappa shape index (κ2) is 7.78. The zero-order valence-electron chi connectivity index (χ0n) is 12.7. The van der Waals surface area contributed by atoms with Crippen LogP contribution in [0.3, 0.4) is 0 Å². The fraction of sp³-hybridized carbons (Fsp3) is 0.0556. The van der Waals surface area contributed by atoms with Crippen molar-refractivity contribution in [1.82, 2.24) is 4.98 Å². The number of Topliss-reactive ketones (excluding diaryl/α,β-unsaturated/α-hetero) is 1. The van der Waals surface area contributed by atoms with E-state index in [-0.39, 0.29) is 11.5 Å². The number of carbonyl (C=O) groups excluding carboxylic acids is 2. The van der Waals surface area contributed by atoms with E-state index in [0.29, 0.717) is 20.6 Å². The van der Waals surface area contributed by atoms with Crippen molar-refractivity contribution >= 4 is 46.3 Å². The van der Waals surface area contributed by atoms with E-state index in [1.165, 1.54) is 11.3 Å². The molecule has 0 aliphatic heterocycles. The smallest absolute Gasteiger partial charge is 0.358 e. The van der Waals surface area contributed by atoms with E-state index >= 15 is 0 Å². The molecule has 0 bridgehead atoms. The summed E-state index contributed by atoms with van der Waals surface area (Å²) in [7, 11) is 0. The number of ether oxygens (including phenoxy) is 1. The second-order valence-corrected chi connectivity index (χ2v) is 6.73. The summed E-state index contributed by atoms with van der Waals surface area (Å²) >= 11 is 13.2. The minimum absolute atomic E-state index is 0.145. The summed E-state index contributed by atoms with van der Waals surface area (Å²) in [5.74, 6) is -1.03. The van der Waals surface area contributed by atoms with Gasteiger partial charge in [-0.2, -0.15) is 0 Å². The lowest BCUT2D eigenvalue weighted by Crippen LogP contribution is -2.14. The number of rotatable bonds is 5. The second-order valence-electron chi connectivity index (χ2n) is 5.03. The largest absolute Gasteiger partial charge is 0.453 e. The minimum atomic E-state index is -0.662. The quantitative estimate of drug-likeness (QED) is 0.445. The number of benzene rings is 2. The Labute approximate surface area is 158 Å². The predicted octanol–water partition coefficient (Wildman–Crippen LogP) is 5.16. The van der Waals surface area contributed by atoms with E-state index in [1.807, 2.05) is 6.07 Å². The molecule has 1 heterocycles. The minimum Gasteiger partial charge on any atom is -0.453 e. The Bertz CT molecular complexity index is 939. The zero-order valence-corrected chi connectivity index (χ0v) is 15.1. The van der Waals surface area contributed by atoms with Crippen molar-refractivity contribution in [1.29, 1.82) is 0 Å². The van der Waals surface area contributed by atoms with Crippen LogP contribution in [0, 0.1) is 0 Å². The van der Waals surface area contributed by atoms with Gasteiger partial charge in [-0.15, -0.1) is 11.3 Å². The van der Waals surface area contributed by atoms with Gasteiger partial charge in [-0.1, -0.05) is 47.5 Å². The summed E-state index contributed by atoms with van der Waals surface area (Å²) < 4.78 is 5.04. The molecule has 1 aromatic heterocycles. The van der Waals surface area contributed by atoms with Crippen LogP contribution in [-0.4, -0.2) is 23.3 Å². The Hall–Kier alpha value is -2.21. The van der Waals surface area contributed by atoms with Gasteiger partial charge in [0.2, 0.25) is 5.78 Å². The zero-order chi connectivity index (χ0) is 17.8. The molecule has 0 radical (unpaired) electrons. The molecular formula is C18H11Cl2NO3S. The first-order chi connectivity index (χ1) is 12.0. The summed E-state index contributed by atoms with van der Waals surface area (Å²) in [6.45, 7) is -0.396. The standard InChI is InChI=1S/C18H11Cl2NO3S/c19-12-5-3-4-11(8-12)17-21-15(10-25-17)18(23)24-9-16(22)13-6-1-2-7-14(13)20/h1-8,10H,9H2. The highest BCUT2D eigenvalue weighted by atomic mass is 35.5. The Morgan fingerprint density at radius 3 is 2.64 bits per heavy atom. The number of hydrogen-bond acceptors (Lipinski definition) is 5. The van der Waals surface area contributed by atoms with Crippen LogP contribution in [0.1, 0.15) is 20.8 Å². The third kappa shape index (κ3) is 4.25. The average molecular weight is 392 g/mol. The number of aromatic nitrogens is 1. The van der Waals surface area contributed by atoms with Gasteiger partial charge in [0.25, 0.3) is 0 Å². The average Bonchev–Trinajstić information content (AvgIpc) is 3.10. The van der Waals surface area contributed by atoms with Crippen molar-refractivity contribution < 1.29 is 14.3 Å². The number of halogens is 2. The van der Waals surface area contributed by atoms with Crippen molar-refractivity contribution in [3.05, 3.63) is 75.2 Å². The maximum Gasteiger partial charge on any atom is 0.358 e. The Kier molecular flexibility index (Phi) is 5.48. The monoisotopic (exact) mass is 391 g/mol. The maximum atomic E-state index is 12.1. The van der Waals surface area contributed by atoms with Crippen LogP contribution in [0.15, 0.2) is 53.9 Å². The fourth-order valence-corrected chi connectivity index (χ4v) is 3.31. The van der Waals surface area contributed by atoms with Crippen LogP contribution in [0.25, 0.3) is 10.6 Å². The van der Waals surface area contributed by atoms with E-state index in [4.69, 9.17) is 27.9 Å². The molecule has 0 aliphatic carbocycles. The first-order valence-electron chi connectivity index (χ1n) is 7.21. The lowest BCUT2D eigenvalue weighted by Gasteiger charge is -2.04. The topological polar surface area (TPSA) is 56.3 Å². The molecule has 3 rings (SSSR count). The van der Waals surface area contributed by atoms with Crippen LogP contribution >= 0.6 is 34.5 Å². The summed E-state index contributed by atoms with van der Waals surface area (Å²) in [4.78, 5) is 28.4. The van der Waals surface area contributed by atoms with Gasteiger partial charge in [0.1, 0.15) is 5.01 Å². The molecule has 25 heavy (non-hydrogen) atoms. The molecule has 2 aromatic carbocycles. The van der Waals surface area contributed by atoms with Gasteiger partial charge < -0.3 is 4.74 Å². The van der Waals surface area contributed by atoms with E-state index < -0.39 is 12.6 Å². The van der Waals surface area contributed by atoms with Gasteiger partial charge in [-0.05, 0) is 24.3 Å². The molecule has 0 aliphatic rings. The molecule has 0 amide bonds. The van der Waals surface area contributed by atoms with Crippen molar-refractivity contribution in [3.63, 3.8) is 0 Å². The molecule has 0 saturated carbocycles. The molecule has 0 N–H and O–H groups in total. The summed E-state index contributed by atoms with van der Waals surface area (Å²) in [6.07, 6.45) is 0. The van der Waals surface area contributed by atoms with Crippen molar-refractivity contribution in [2.24, 2.45) is 0 Å². The lowest BCUT2D eigenvalue weighted by atomic mass is 10.1. The molecule has 0 fully saturated rings. The number of nitrogens with zero attached hydrogens (tertiary/aromatic N) is 1. The number of carbonyl (C=O) groups is 2. The molecule has 3 aromatic rings. The first kappa shape index (κ1) is 17.6. The molecule has 0 saturated heterocycles. The van der Waals surface area contributed by atoms with E-state index in [0.717, 1.165) is 5.56 Å². The number of esters is 1. The Balaban J connectivity index is 1.66. The van der Waals surface area contributed by atoms with Gasteiger partial charge in [0.15, 0.2) is 12.3 Å². The summed E-state index contributed by atoms with van der Waals surface area (Å²) in [5.41, 5.74) is 1.27. The van der Waals surface area contributed by atoms with Crippen LogP contribution in [0.5, 0.6) is 0 Å². The van der Waals surface area contributed by atoms with Crippen LogP contribution in [0.4, 0.5) is 0 Å². The molecular weight excluding hydrogens is 381 g/mol. The molecule has 7 heteroatoms. The van der Waals surface area contributed by atoms with Gasteiger partial charge in [-0.3, -0.25) is 4.79 Å². The lowest BCUT2D eigenvalue weighted by molar-refractivity contribution is 0.0470. The number of thiazole rings is 1. The van der Waals surface area contributed by atoms with Crippen molar-refractivity contribution in [2.75, 3.05) is 6.61 Å². The number of hydrogen-bond donors (Lipinski definition) is 0. The van der Waals surface area contributed by atoms with Gasteiger partial charge in [-0.25, -0.2) is 9.78 Å². The van der Waals surface area contributed by atoms with Crippen molar-refractivity contribution in [2.45, 2.75) is 0 Å². The normalized spacial score (nSPS) is 10.5. The highest BCUT2D eigenvalue weighted by Crippen LogP contribution is 2.26. The Morgan fingerprint density at radius 1 is 1.08 bits per heavy atom. The van der Waals surface area contributed by atoms with Gasteiger partial charge in [0.05, 0.1) is 5.02 Å². The maximum absolute atomic E-state index is 12.1. The third-order valence-corrected chi connectivity index (χ3v) is 4.75. The highest BCUT2D eigenvalue weighted by Gasteiger charge is 2.17. The first-order valence-corrected chi connectivity index (χ1v) is 8.84. The number of ketones is 1. The Morgan fingerprint density at radius 2 is 1.88 bits per heavy atom. The van der Waals surface area contributed by atoms with E-state index in [1.54, 1.807) is 47.8 Å². The third-order valence-electron chi connectivity index (χ3n) is 3.29. The van der Waals surface area contributed by atoms with Crippen LogP contribution in [0.2, 0.25) is 10.0 Å². The van der Waals surface area contributed by atoms with Gasteiger partial charge >= 0.3 is 5.97 Å². The summed E-state index contributed by atoms with van der Waals surface area (Å²) in [5, 5.41) is 3.13. The summed E-state index contributed by atoms with van der Waals surface area (Å²) in [6, 6.07) is 13.8. The predicted molar refractivity (Wildman–Crippen MR) is 98.6 cm³/mol. The molecule has 0 spiro atoms. The van der Waals surface area contributed by atoms with Crippen molar-refractivity contribution in [3.8, 4) is 10.6 Å². The molecule has 0 atom stereocenters. The van der Waals surface area contributed by atoms with Crippen LogP contribution in [-0.2, 0) is 4.74 Å².